The smallest absolute Gasteiger partial charge is 0.272 e. The van der Waals surface area contributed by atoms with Crippen LogP contribution in [0.5, 0.6) is 0 Å². The second-order valence-electron chi connectivity index (χ2n) is 7.48. The monoisotopic (exact) mass is 466 g/mol. The molecule has 0 saturated carbocycles. The molecular formula is C21H22N8O5. The SMILES string of the molecule is CNC(=O)C1OC(n2cnc3c(N)nc(C#CCN(C)C(=O)c4ccccn4)nc32)[C@H](O)[C@@H]1O. The molecule has 3 aromatic rings. The number of nitrogens with zero attached hydrogens (tertiary/aromatic N) is 6. The third kappa shape index (κ3) is 4.25. The van der Waals surface area contributed by atoms with E-state index in [0.29, 0.717) is 5.69 Å². The van der Waals surface area contributed by atoms with Gasteiger partial charge in [0.05, 0.1) is 12.9 Å². The summed E-state index contributed by atoms with van der Waals surface area (Å²) in [6.45, 7) is 0.0838. The van der Waals surface area contributed by atoms with Crippen LogP contribution in [0.25, 0.3) is 11.2 Å². The molecule has 0 radical (unpaired) electrons. The normalized spacial score (nSPS) is 21.6. The summed E-state index contributed by atoms with van der Waals surface area (Å²) in [5.41, 5.74) is 6.73. The molecule has 0 bridgehead atoms. The molecule has 176 valence electrons. The Morgan fingerprint density at radius 3 is 2.76 bits per heavy atom. The van der Waals surface area contributed by atoms with E-state index in [1.54, 1.807) is 25.2 Å². The Labute approximate surface area is 193 Å². The van der Waals surface area contributed by atoms with Gasteiger partial charge in [0.2, 0.25) is 5.82 Å². The van der Waals surface area contributed by atoms with Crippen molar-refractivity contribution in [3.63, 3.8) is 0 Å². The molecule has 4 atom stereocenters. The Kier molecular flexibility index (Phi) is 6.37. The first-order valence-electron chi connectivity index (χ1n) is 10.2. The van der Waals surface area contributed by atoms with Crippen molar-refractivity contribution >= 4 is 28.8 Å². The van der Waals surface area contributed by atoms with Gasteiger partial charge in [0.1, 0.15) is 23.4 Å². The van der Waals surface area contributed by atoms with E-state index in [1.807, 2.05) is 0 Å². The highest BCUT2D eigenvalue weighted by Crippen LogP contribution is 2.32. The molecule has 3 aromatic heterocycles. The van der Waals surface area contributed by atoms with Crippen LogP contribution in [0.15, 0.2) is 30.7 Å². The molecule has 4 heterocycles. The van der Waals surface area contributed by atoms with Crippen molar-refractivity contribution in [2.45, 2.75) is 24.5 Å². The highest BCUT2D eigenvalue weighted by molar-refractivity contribution is 5.92. The van der Waals surface area contributed by atoms with E-state index in [2.05, 4.69) is 37.1 Å². The van der Waals surface area contributed by atoms with Crippen LogP contribution in [0.2, 0.25) is 0 Å². The lowest BCUT2D eigenvalue weighted by Crippen LogP contribution is -2.41. The van der Waals surface area contributed by atoms with Crippen LogP contribution in [0.1, 0.15) is 22.5 Å². The number of ether oxygens (including phenoxy) is 1. The molecule has 0 spiro atoms. The fourth-order valence-electron chi connectivity index (χ4n) is 3.42. The summed E-state index contributed by atoms with van der Waals surface area (Å²) >= 11 is 0. The lowest BCUT2D eigenvalue weighted by atomic mass is 10.1. The second-order valence-corrected chi connectivity index (χ2v) is 7.48. The maximum absolute atomic E-state index is 12.4. The minimum atomic E-state index is -1.45. The molecule has 34 heavy (non-hydrogen) atoms. The summed E-state index contributed by atoms with van der Waals surface area (Å²) in [5.74, 6) is 4.80. The number of imidazole rings is 1. The van der Waals surface area contributed by atoms with Gasteiger partial charge in [-0.25, -0.2) is 15.0 Å². The number of nitrogen functional groups attached to an aromatic ring is 1. The summed E-state index contributed by atoms with van der Waals surface area (Å²) in [7, 11) is 2.98. The maximum atomic E-state index is 12.4. The number of aromatic nitrogens is 5. The van der Waals surface area contributed by atoms with Crippen LogP contribution in [0.4, 0.5) is 5.82 Å². The number of nitrogens with one attached hydrogen (secondary N) is 1. The topological polar surface area (TPSA) is 182 Å². The molecule has 1 fully saturated rings. The number of aliphatic hydroxyl groups excluding tert-OH is 2. The van der Waals surface area contributed by atoms with E-state index in [9.17, 15) is 19.8 Å². The molecule has 5 N–H and O–H groups in total. The fourth-order valence-corrected chi connectivity index (χ4v) is 3.42. The molecule has 2 unspecified atom stereocenters. The number of amides is 2. The number of carbonyl (C=O) groups excluding carboxylic acids is 2. The van der Waals surface area contributed by atoms with Crippen molar-refractivity contribution in [1.29, 1.82) is 0 Å². The lowest BCUT2D eigenvalue weighted by Gasteiger charge is -2.16. The van der Waals surface area contributed by atoms with Crippen molar-refractivity contribution in [2.75, 3.05) is 26.4 Å². The largest absolute Gasteiger partial charge is 0.387 e. The van der Waals surface area contributed by atoms with Gasteiger partial charge in [-0.1, -0.05) is 12.0 Å². The van der Waals surface area contributed by atoms with E-state index in [-0.39, 0.29) is 35.3 Å². The molecule has 1 saturated heterocycles. The highest BCUT2D eigenvalue weighted by Gasteiger charge is 2.47. The Balaban J connectivity index is 1.57. The van der Waals surface area contributed by atoms with E-state index in [0.717, 1.165) is 0 Å². The molecule has 4 rings (SSSR count). The fraction of sp³-hybridized carbons (Fsp3) is 0.333. The number of nitrogens with two attached hydrogens (primary N) is 1. The van der Waals surface area contributed by atoms with Crippen molar-refractivity contribution in [3.05, 3.63) is 42.2 Å². The van der Waals surface area contributed by atoms with Gasteiger partial charge in [-0.3, -0.25) is 19.1 Å². The van der Waals surface area contributed by atoms with Crippen LogP contribution in [-0.2, 0) is 9.53 Å². The molecule has 1 aliphatic heterocycles. The van der Waals surface area contributed by atoms with E-state index < -0.39 is 30.4 Å². The molecule has 13 heteroatoms. The predicted octanol–water partition coefficient (Wildman–Crippen LogP) is -1.71. The highest BCUT2D eigenvalue weighted by atomic mass is 16.6. The third-order valence-electron chi connectivity index (χ3n) is 5.21. The van der Waals surface area contributed by atoms with Crippen LogP contribution in [0.3, 0.4) is 0 Å². The Hall–Kier alpha value is -4.12. The number of rotatable bonds is 4. The minimum absolute atomic E-state index is 0.0434. The number of likely N-dealkylation sites (N-methyl/N-ethyl adjacent to an activating group) is 1. The zero-order chi connectivity index (χ0) is 24.4. The summed E-state index contributed by atoms with van der Waals surface area (Å²) in [5, 5.41) is 23.0. The summed E-state index contributed by atoms with van der Waals surface area (Å²) in [6, 6.07) is 5.04. The molecular weight excluding hydrogens is 444 g/mol. The Morgan fingerprint density at radius 2 is 2.06 bits per heavy atom. The van der Waals surface area contributed by atoms with Crippen molar-refractivity contribution in [3.8, 4) is 11.8 Å². The summed E-state index contributed by atoms with van der Waals surface area (Å²) in [4.78, 5) is 42.3. The van der Waals surface area contributed by atoms with E-state index >= 15 is 0 Å². The quantitative estimate of drug-likeness (QED) is 0.323. The van der Waals surface area contributed by atoms with E-state index in [1.165, 1.54) is 29.0 Å². The zero-order valence-electron chi connectivity index (χ0n) is 18.3. The number of anilines is 1. The molecule has 13 nitrogen and oxygen atoms in total. The van der Waals surface area contributed by atoms with Gasteiger partial charge in [-0.2, -0.15) is 0 Å². The third-order valence-corrected chi connectivity index (χ3v) is 5.21. The maximum Gasteiger partial charge on any atom is 0.272 e. The molecule has 2 amide bonds. The molecule has 0 aromatic carbocycles. The van der Waals surface area contributed by atoms with Crippen LogP contribution in [-0.4, -0.2) is 90.4 Å². The standard InChI is InChI=1S/C21H22N8O5/c1-23-19(32)16-14(30)15(31)21(34-16)29-10-25-13-17(22)26-12(27-18(13)29)7-5-9-28(2)20(33)11-6-3-4-8-24-11/h3-4,6,8,10,14-16,21,30-31H,9H2,1-2H3,(H,23,32)(H2,22,26,27)/t14-,15+,16?,21?/m0/s1. The Morgan fingerprint density at radius 1 is 1.26 bits per heavy atom. The predicted molar refractivity (Wildman–Crippen MR) is 118 cm³/mol. The van der Waals surface area contributed by atoms with Crippen LogP contribution >= 0.6 is 0 Å². The van der Waals surface area contributed by atoms with Gasteiger partial charge < -0.3 is 30.9 Å². The zero-order valence-corrected chi connectivity index (χ0v) is 18.3. The van der Waals surface area contributed by atoms with Gasteiger partial charge in [0, 0.05) is 20.3 Å². The van der Waals surface area contributed by atoms with Gasteiger partial charge >= 0.3 is 0 Å². The first-order valence-corrected chi connectivity index (χ1v) is 10.2. The first-order chi connectivity index (χ1) is 16.3. The number of fused-ring (bicyclic) bond motifs is 1. The molecule has 0 aliphatic carbocycles. The van der Waals surface area contributed by atoms with Gasteiger partial charge in [-0.15, -0.1) is 0 Å². The van der Waals surface area contributed by atoms with Crippen LogP contribution < -0.4 is 11.1 Å². The number of aliphatic hydroxyl groups is 2. The van der Waals surface area contributed by atoms with Gasteiger partial charge in [0.15, 0.2) is 23.8 Å². The average Bonchev–Trinajstić information content (AvgIpc) is 3.39. The van der Waals surface area contributed by atoms with Crippen molar-refractivity contribution < 1.29 is 24.5 Å². The summed E-state index contributed by atoms with van der Waals surface area (Å²) < 4.78 is 6.93. The average molecular weight is 466 g/mol. The molecule has 1 aliphatic rings. The lowest BCUT2D eigenvalue weighted by molar-refractivity contribution is -0.137. The summed E-state index contributed by atoms with van der Waals surface area (Å²) in [6.07, 6.45) is -2.43. The number of hydrogen-bond acceptors (Lipinski definition) is 10. The van der Waals surface area contributed by atoms with Crippen LogP contribution in [0, 0.1) is 11.8 Å². The second kappa shape index (κ2) is 9.40. The van der Waals surface area contributed by atoms with Gasteiger partial charge in [0.25, 0.3) is 11.8 Å². The number of hydrogen-bond donors (Lipinski definition) is 4. The number of carbonyl (C=O) groups is 2. The Bertz CT molecular complexity index is 1280. The minimum Gasteiger partial charge on any atom is -0.387 e. The van der Waals surface area contributed by atoms with Crippen molar-refractivity contribution in [1.82, 2.24) is 34.7 Å². The van der Waals surface area contributed by atoms with E-state index in [4.69, 9.17) is 10.5 Å². The van der Waals surface area contributed by atoms with Gasteiger partial charge in [-0.05, 0) is 18.1 Å². The first kappa shape index (κ1) is 23.1. The number of pyridine rings is 1. The van der Waals surface area contributed by atoms with Crippen molar-refractivity contribution in [2.24, 2.45) is 0 Å².